The Morgan fingerprint density at radius 3 is 2.59 bits per heavy atom. The number of hydrogen-bond donors (Lipinski definition) is 1. The molecule has 1 aromatic carbocycles. The van der Waals surface area contributed by atoms with Crippen LogP contribution < -0.4 is 4.90 Å². The molecule has 0 aliphatic rings. The van der Waals surface area contributed by atoms with Crippen molar-refractivity contribution in [3.8, 4) is 0 Å². The predicted octanol–water partition coefficient (Wildman–Crippen LogP) is 1.44. The number of rotatable bonds is 7. The van der Waals surface area contributed by atoms with E-state index in [0.717, 1.165) is 18.5 Å². The maximum Gasteiger partial charge on any atom is 0.252 e. The zero-order chi connectivity index (χ0) is 12.5. The van der Waals surface area contributed by atoms with Gasteiger partial charge in [0.15, 0.2) is 0 Å². The molecular weight excluding hydrogens is 218 g/mol. The van der Waals surface area contributed by atoms with Crippen molar-refractivity contribution in [2.75, 3.05) is 31.8 Å². The fraction of sp³-hybridized carbons (Fsp3) is 0.462. The van der Waals surface area contributed by atoms with Gasteiger partial charge in [-0.15, -0.1) is 0 Å². The molecule has 0 saturated carbocycles. The average molecular weight is 237 g/mol. The van der Waals surface area contributed by atoms with Crippen molar-refractivity contribution in [1.82, 2.24) is 0 Å². The van der Waals surface area contributed by atoms with Gasteiger partial charge in [0, 0.05) is 25.9 Å². The second-order valence-corrected chi connectivity index (χ2v) is 3.74. The minimum Gasteiger partial charge on any atom is -0.387 e. The van der Waals surface area contributed by atoms with E-state index in [1.54, 1.807) is 12.0 Å². The largest absolute Gasteiger partial charge is 0.387 e. The number of aliphatic hydroxyl groups is 1. The summed E-state index contributed by atoms with van der Waals surface area (Å²) in [4.78, 5) is 13.2. The Hall–Kier alpha value is -1.39. The van der Waals surface area contributed by atoms with Crippen LogP contribution >= 0.6 is 0 Å². The van der Waals surface area contributed by atoms with Gasteiger partial charge in [0.25, 0.3) is 5.91 Å². The number of carbonyl (C=O) groups is 1. The van der Waals surface area contributed by atoms with Crippen LogP contribution in [0.1, 0.15) is 12.8 Å². The number of methoxy groups -OCH3 is 1. The van der Waals surface area contributed by atoms with E-state index in [-0.39, 0.29) is 5.91 Å². The van der Waals surface area contributed by atoms with Gasteiger partial charge in [-0.05, 0) is 25.0 Å². The molecule has 0 aliphatic carbocycles. The lowest BCUT2D eigenvalue weighted by molar-refractivity contribution is -0.121. The number of aliphatic hydroxyl groups excluding tert-OH is 1. The van der Waals surface area contributed by atoms with Crippen molar-refractivity contribution in [3.63, 3.8) is 0 Å². The van der Waals surface area contributed by atoms with E-state index >= 15 is 0 Å². The second-order valence-electron chi connectivity index (χ2n) is 3.74. The lowest BCUT2D eigenvalue weighted by Gasteiger charge is -2.21. The summed E-state index contributed by atoms with van der Waals surface area (Å²) < 4.78 is 4.96. The molecule has 1 N–H and O–H groups in total. The number of amides is 1. The summed E-state index contributed by atoms with van der Waals surface area (Å²) in [6.07, 6.45) is 1.76. The number of ether oxygens (including phenoxy) is 1. The molecule has 4 heteroatoms. The smallest absolute Gasteiger partial charge is 0.252 e. The van der Waals surface area contributed by atoms with Gasteiger partial charge in [0.05, 0.1) is 0 Å². The van der Waals surface area contributed by atoms with E-state index in [2.05, 4.69) is 0 Å². The molecular formula is C13H19NO3. The highest BCUT2D eigenvalue weighted by Crippen LogP contribution is 2.14. The highest BCUT2D eigenvalue weighted by molar-refractivity contribution is 5.94. The summed E-state index contributed by atoms with van der Waals surface area (Å²) in [6.45, 7) is 0.835. The predicted molar refractivity (Wildman–Crippen MR) is 67.0 cm³/mol. The highest BCUT2D eigenvalue weighted by Gasteiger charge is 2.13. The number of nitrogens with zero attached hydrogens (tertiary/aromatic N) is 1. The molecule has 0 radical (unpaired) electrons. The van der Waals surface area contributed by atoms with Crippen LogP contribution in [-0.2, 0) is 9.53 Å². The zero-order valence-corrected chi connectivity index (χ0v) is 10.1. The molecule has 1 amide bonds. The zero-order valence-electron chi connectivity index (χ0n) is 10.1. The number of anilines is 1. The number of hydrogen-bond acceptors (Lipinski definition) is 3. The number of para-hydroxylation sites is 1. The van der Waals surface area contributed by atoms with Gasteiger partial charge in [-0.1, -0.05) is 18.2 Å². The maximum atomic E-state index is 11.6. The van der Waals surface area contributed by atoms with E-state index in [1.165, 1.54) is 0 Å². The van der Waals surface area contributed by atoms with Crippen LogP contribution in [0.2, 0.25) is 0 Å². The number of benzene rings is 1. The Morgan fingerprint density at radius 2 is 2.00 bits per heavy atom. The third kappa shape index (κ3) is 4.54. The Bertz CT molecular complexity index is 327. The van der Waals surface area contributed by atoms with Gasteiger partial charge in [-0.3, -0.25) is 4.79 Å². The summed E-state index contributed by atoms with van der Waals surface area (Å²) in [5.41, 5.74) is 0.823. The first-order valence-electron chi connectivity index (χ1n) is 5.74. The van der Waals surface area contributed by atoms with Crippen LogP contribution in [-0.4, -0.2) is 37.9 Å². The lowest BCUT2D eigenvalue weighted by atomic mass is 10.2. The van der Waals surface area contributed by atoms with Crippen LogP contribution in [0.3, 0.4) is 0 Å². The molecule has 0 heterocycles. The quantitative estimate of drug-likeness (QED) is 0.730. The van der Waals surface area contributed by atoms with Gasteiger partial charge in [0.1, 0.15) is 6.61 Å². The van der Waals surface area contributed by atoms with Gasteiger partial charge in [-0.25, -0.2) is 0 Å². The van der Waals surface area contributed by atoms with Crippen LogP contribution in [0.15, 0.2) is 30.3 Å². The molecule has 0 atom stereocenters. The molecule has 0 spiro atoms. The molecule has 0 unspecified atom stereocenters. The third-order valence-electron chi connectivity index (χ3n) is 2.48. The highest BCUT2D eigenvalue weighted by atomic mass is 16.5. The van der Waals surface area contributed by atoms with Gasteiger partial charge in [-0.2, -0.15) is 0 Å². The van der Waals surface area contributed by atoms with Crippen molar-refractivity contribution in [1.29, 1.82) is 0 Å². The van der Waals surface area contributed by atoms with Crippen molar-refractivity contribution in [2.24, 2.45) is 0 Å². The Morgan fingerprint density at radius 1 is 1.29 bits per heavy atom. The lowest BCUT2D eigenvalue weighted by Crippen LogP contribution is -2.34. The Labute approximate surface area is 102 Å². The first-order valence-corrected chi connectivity index (χ1v) is 5.74. The molecule has 0 aromatic heterocycles. The molecule has 0 fully saturated rings. The van der Waals surface area contributed by atoms with Gasteiger partial charge >= 0.3 is 0 Å². The Balaban J connectivity index is 2.59. The molecule has 4 nitrogen and oxygen atoms in total. The van der Waals surface area contributed by atoms with Gasteiger partial charge < -0.3 is 14.7 Å². The summed E-state index contributed by atoms with van der Waals surface area (Å²) in [5, 5.41) is 8.95. The van der Waals surface area contributed by atoms with E-state index < -0.39 is 6.61 Å². The maximum absolute atomic E-state index is 11.6. The van der Waals surface area contributed by atoms with Crippen LogP contribution in [0.5, 0.6) is 0 Å². The summed E-state index contributed by atoms with van der Waals surface area (Å²) in [5.74, 6) is -0.270. The standard InChI is InChI=1S/C13H19NO3/c1-17-10-6-5-9-14(13(16)11-15)12-7-3-2-4-8-12/h2-4,7-8,15H,5-6,9-11H2,1H3. The summed E-state index contributed by atoms with van der Waals surface area (Å²) in [6, 6.07) is 9.38. The first-order chi connectivity index (χ1) is 8.29. The van der Waals surface area contributed by atoms with Crippen LogP contribution in [0.4, 0.5) is 5.69 Å². The fourth-order valence-electron chi connectivity index (χ4n) is 1.61. The summed E-state index contributed by atoms with van der Waals surface area (Å²) in [7, 11) is 1.66. The van der Waals surface area contributed by atoms with Crippen LogP contribution in [0, 0.1) is 0 Å². The normalized spacial score (nSPS) is 10.2. The minimum absolute atomic E-state index is 0.270. The summed E-state index contributed by atoms with van der Waals surface area (Å²) >= 11 is 0. The monoisotopic (exact) mass is 237 g/mol. The van der Waals surface area contributed by atoms with Crippen molar-refractivity contribution >= 4 is 11.6 Å². The van der Waals surface area contributed by atoms with Crippen molar-refractivity contribution in [2.45, 2.75) is 12.8 Å². The molecule has 1 rings (SSSR count). The molecule has 94 valence electrons. The molecule has 17 heavy (non-hydrogen) atoms. The van der Waals surface area contributed by atoms with E-state index in [4.69, 9.17) is 9.84 Å². The molecule has 0 bridgehead atoms. The first kappa shape index (κ1) is 13.7. The number of unbranched alkanes of at least 4 members (excludes halogenated alkanes) is 1. The minimum atomic E-state index is -0.459. The average Bonchev–Trinajstić information content (AvgIpc) is 2.39. The molecule has 0 saturated heterocycles. The molecule has 1 aromatic rings. The third-order valence-corrected chi connectivity index (χ3v) is 2.48. The van der Waals surface area contributed by atoms with Gasteiger partial charge in [0.2, 0.25) is 0 Å². The topological polar surface area (TPSA) is 49.8 Å². The van der Waals surface area contributed by atoms with E-state index in [1.807, 2.05) is 30.3 Å². The number of carbonyl (C=O) groups excluding carboxylic acids is 1. The SMILES string of the molecule is COCCCCN(C(=O)CO)c1ccccc1. The van der Waals surface area contributed by atoms with Crippen molar-refractivity contribution < 1.29 is 14.6 Å². The van der Waals surface area contributed by atoms with E-state index in [0.29, 0.717) is 13.2 Å². The molecule has 0 aliphatic heterocycles. The van der Waals surface area contributed by atoms with E-state index in [9.17, 15) is 4.79 Å². The fourth-order valence-corrected chi connectivity index (χ4v) is 1.61. The second kappa shape index (κ2) is 7.81. The van der Waals surface area contributed by atoms with Crippen LogP contribution in [0.25, 0.3) is 0 Å². The van der Waals surface area contributed by atoms with Crippen molar-refractivity contribution in [3.05, 3.63) is 30.3 Å². The Kier molecular flexibility index (Phi) is 6.29.